The highest BCUT2D eigenvalue weighted by molar-refractivity contribution is 5.94. The lowest BCUT2D eigenvalue weighted by atomic mass is 10.0. The number of Topliss-reactive ketones (excluding diaryl/α,β-unsaturated/α-hetero) is 1. The van der Waals surface area contributed by atoms with Crippen molar-refractivity contribution >= 4 is 11.7 Å². The number of rotatable bonds is 6. The second kappa shape index (κ2) is 7.99. The summed E-state index contributed by atoms with van der Waals surface area (Å²) in [6, 6.07) is 17.0. The van der Waals surface area contributed by atoms with E-state index in [1.54, 1.807) is 20.3 Å². The molecule has 0 spiro atoms. The Balaban J connectivity index is 2.19. The normalized spacial score (nSPS) is 11.8. The molecule has 1 amide bonds. The zero-order valence-corrected chi connectivity index (χ0v) is 15.8. The summed E-state index contributed by atoms with van der Waals surface area (Å²) in [4.78, 5) is 28.6. The molecule has 5 heteroatoms. The lowest BCUT2D eigenvalue weighted by Gasteiger charge is -2.19. The topological polar surface area (TPSA) is 64.0 Å². The van der Waals surface area contributed by atoms with Crippen LogP contribution in [0.2, 0.25) is 0 Å². The number of ketones is 1. The molecule has 0 saturated heterocycles. The predicted molar refractivity (Wildman–Crippen MR) is 106 cm³/mol. The highest BCUT2D eigenvalue weighted by Crippen LogP contribution is 2.34. The van der Waals surface area contributed by atoms with Crippen molar-refractivity contribution in [2.75, 3.05) is 7.05 Å². The van der Waals surface area contributed by atoms with E-state index >= 15 is 0 Å². The molecule has 1 atom stereocenters. The summed E-state index contributed by atoms with van der Waals surface area (Å²) in [5, 5.41) is 2.73. The monoisotopic (exact) mass is 361 g/mol. The highest BCUT2D eigenvalue weighted by Gasteiger charge is 2.24. The molecule has 1 N–H and O–H groups in total. The minimum Gasteiger partial charge on any atom is -0.357 e. The van der Waals surface area contributed by atoms with Crippen molar-refractivity contribution in [1.29, 1.82) is 0 Å². The van der Waals surface area contributed by atoms with Gasteiger partial charge >= 0.3 is 0 Å². The second-order valence-electron chi connectivity index (χ2n) is 6.39. The van der Waals surface area contributed by atoms with Crippen LogP contribution in [0.25, 0.3) is 22.5 Å². The first-order chi connectivity index (χ1) is 13.1. The molecular weight excluding hydrogens is 338 g/mol. The minimum atomic E-state index is -0.359. The largest absolute Gasteiger partial charge is 0.357 e. The van der Waals surface area contributed by atoms with E-state index in [4.69, 9.17) is 0 Å². The minimum absolute atomic E-state index is 0.0233. The molecule has 0 aliphatic carbocycles. The molecule has 138 valence electrons. The molecule has 0 fully saturated rings. The maximum Gasteiger partial charge on any atom is 0.242 e. The van der Waals surface area contributed by atoms with Crippen LogP contribution in [0.3, 0.4) is 0 Å². The Hall–Kier alpha value is -3.21. The number of nitrogens with one attached hydrogen (secondary N) is 1. The van der Waals surface area contributed by atoms with Crippen molar-refractivity contribution in [2.45, 2.75) is 26.3 Å². The molecule has 3 rings (SSSR count). The smallest absolute Gasteiger partial charge is 0.242 e. The van der Waals surface area contributed by atoms with Crippen molar-refractivity contribution in [1.82, 2.24) is 14.9 Å². The van der Waals surface area contributed by atoms with Crippen molar-refractivity contribution < 1.29 is 9.59 Å². The van der Waals surface area contributed by atoms with Gasteiger partial charge in [0, 0.05) is 23.7 Å². The van der Waals surface area contributed by atoms with Crippen molar-refractivity contribution in [2.24, 2.45) is 0 Å². The van der Waals surface area contributed by atoms with Crippen molar-refractivity contribution in [3.05, 3.63) is 66.5 Å². The Morgan fingerprint density at radius 2 is 1.70 bits per heavy atom. The van der Waals surface area contributed by atoms with Crippen LogP contribution in [0, 0.1) is 0 Å². The quantitative estimate of drug-likeness (QED) is 0.672. The third kappa shape index (κ3) is 3.67. The highest BCUT2D eigenvalue weighted by atomic mass is 16.2. The third-order valence-corrected chi connectivity index (χ3v) is 4.68. The van der Waals surface area contributed by atoms with Crippen LogP contribution < -0.4 is 5.32 Å². The van der Waals surface area contributed by atoms with Gasteiger partial charge in [-0.25, -0.2) is 4.98 Å². The van der Waals surface area contributed by atoms with Gasteiger partial charge in [0.15, 0.2) is 5.78 Å². The molecule has 0 aliphatic rings. The Morgan fingerprint density at radius 1 is 1.04 bits per heavy atom. The summed E-state index contributed by atoms with van der Waals surface area (Å²) in [6.07, 6.45) is 2.36. The molecule has 0 saturated carbocycles. The molecule has 0 unspecified atom stereocenters. The van der Waals surface area contributed by atoms with Crippen LogP contribution in [-0.2, 0) is 4.79 Å². The van der Waals surface area contributed by atoms with E-state index in [2.05, 4.69) is 10.3 Å². The average Bonchev–Trinajstić information content (AvgIpc) is 3.13. The second-order valence-corrected chi connectivity index (χ2v) is 6.39. The van der Waals surface area contributed by atoms with Gasteiger partial charge in [-0.05, 0) is 13.3 Å². The van der Waals surface area contributed by atoms with E-state index in [1.165, 1.54) is 0 Å². The number of aromatic nitrogens is 2. The van der Waals surface area contributed by atoms with Crippen LogP contribution in [0.15, 0.2) is 60.9 Å². The SMILES string of the molecule is CC[C@@H](C(=O)NC)n1cnc(-c2ccccc2)c1-c1ccc(C(C)=O)cc1. The van der Waals surface area contributed by atoms with Crippen LogP contribution in [-0.4, -0.2) is 28.3 Å². The molecular formula is C22H23N3O2. The predicted octanol–water partition coefficient (Wildman–Crippen LogP) is 4.12. The Morgan fingerprint density at radius 3 is 2.26 bits per heavy atom. The number of amides is 1. The number of likely N-dealkylation sites (N-methyl/N-ethyl adjacent to an activating group) is 1. The number of nitrogens with zero attached hydrogens (tertiary/aromatic N) is 2. The number of hydrogen-bond donors (Lipinski definition) is 1. The summed E-state index contributed by atoms with van der Waals surface area (Å²) in [7, 11) is 1.64. The van der Waals surface area contributed by atoms with Gasteiger partial charge in [-0.1, -0.05) is 61.5 Å². The summed E-state index contributed by atoms with van der Waals surface area (Å²) in [5.74, 6) is -0.0359. The average molecular weight is 361 g/mol. The Bertz CT molecular complexity index is 943. The number of hydrogen-bond acceptors (Lipinski definition) is 3. The van der Waals surface area contributed by atoms with E-state index in [0.717, 1.165) is 22.5 Å². The van der Waals surface area contributed by atoms with Gasteiger partial charge in [0.25, 0.3) is 0 Å². The molecule has 0 bridgehead atoms. The molecule has 1 aromatic heterocycles. The van der Waals surface area contributed by atoms with E-state index in [1.807, 2.05) is 66.1 Å². The van der Waals surface area contributed by atoms with E-state index in [9.17, 15) is 9.59 Å². The van der Waals surface area contributed by atoms with Crippen molar-refractivity contribution in [3.8, 4) is 22.5 Å². The molecule has 0 aliphatic heterocycles. The molecule has 1 heterocycles. The lowest BCUT2D eigenvalue weighted by molar-refractivity contribution is -0.123. The number of carbonyl (C=O) groups is 2. The van der Waals surface area contributed by atoms with Crippen LogP contribution in [0.4, 0.5) is 0 Å². The van der Waals surface area contributed by atoms with E-state index < -0.39 is 0 Å². The zero-order valence-electron chi connectivity index (χ0n) is 15.8. The molecule has 0 radical (unpaired) electrons. The van der Waals surface area contributed by atoms with Gasteiger partial charge in [0.1, 0.15) is 6.04 Å². The van der Waals surface area contributed by atoms with Crippen LogP contribution >= 0.6 is 0 Å². The van der Waals surface area contributed by atoms with Crippen molar-refractivity contribution in [3.63, 3.8) is 0 Å². The molecule has 5 nitrogen and oxygen atoms in total. The van der Waals surface area contributed by atoms with Crippen LogP contribution in [0.5, 0.6) is 0 Å². The fraction of sp³-hybridized carbons (Fsp3) is 0.227. The first-order valence-corrected chi connectivity index (χ1v) is 9.02. The summed E-state index contributed by atoms with van der Waals surface area (Å²) >= 11 is 0. The lowest BCUT2D eigenvalue weighted by Crippen LogP contribution is -2.29. The zero-order chi connectivity index (χ0) is 19.4. The molecule has 2 aromatic carbocycles. The van der Waals surface area contributed by atoms with Gasteiger partial charge in [-0.2, -0.15) is 0 Å². The molecule has 27 heavy (non-hydrogen) atoms. The fourth-order valence-corrected chi connectivity index (χ4v) is 3.23. The molecule has 3 aromatic rings. The first kappa shape index (κ1) is 18.6. The number of imidazole rings is 1. The summed E-state index contributed by atoms with van der Waals surface area (Å²) < 4.78 is 1.92. The van der Waals surface area contributed by atoms with E-state index in [0.29, 0.717) is 12.0 Å². The Labute approximate surface area is 159 Å². The van der Waals surface area contributed by atoms with Crippen LogP contribution in [0.1, 0.15) is 36.7 Å². The fourth-order valence-electron chi connectivity index (χ4n) is 3.23. The van der Waals surface area contributed by atoms with E-state index in [-0.39, 0.29) is 17.7 Å². The maximum atomic E-state index is 12.4. The number of carbonyl (C=O) groups excluding carboxylic acids is 2. The summed E-state index contributed by atoms with van der Waals surface area (Å²) in [6.45, 7) is 3.53. The summed E-state index contributed by atoms with van der Waals surface area (Å²) in [5.41, 5.74) is 4.23. The van der Waals surface area contributed by atoms with Gasteiger partial charge < -0.3 is 9.88 Å². The third-order valence-electron chi connectivity index (χ3n) is 4.68. The van der Waals surface area contributed by atoms with Gasteiger partial charge in [-0.15, -0.1) is 0 Å². The van der Waals surface area contributed by atoms with Gasteiger partial charge in [-0.3, -0.25) is 9.59 Å². The number of benzene rings is 2. The van der Waals surface area contributed by atoms with Gasteiger partial charge in [0.05, 0.1) is 17.7 Å². The Kier molecular flexibility index (Phi) is 5.50. The first-order valence-electron chi connectivity index (χ1n) is 9.02. The maximum absolute atomic E-state index is 12.4. The van der Waals surface area contributed by atoms with Gasteiger partial charge in [0.2, 0.25) is 5.91 Å². The standard InChI is InChI=1S/C22H23N3O2/c1-4-19(22(27)23-3)25-14-24-20(17-8-6-5-7-9-17)21(25)18-12-10-16(11-13-18)15(2)26/h5-14,19H,4H2,1-3H3,(H,23,27)/t19-/m0/s1.